The van der Waals surface area contributed by atoms with Crippen LogP contribution in [0.1, 0.15) is 55.2 Å². The zero-order valence-corrected chi connectivity index (χ0v) is 16.0. The first-order valence-electron chi connectivity index (χ1n) is 8.83. The summed E-state index contributed by atoms with van der Waals surface area (Å²) in [7, 11) is 1.71. The van der Waals surface area contributed by atoms with Gasteiger partial charge in [-0.2, -0.15) is 4.91 Å². The van der Waals surface area contributed by atoms with Crippen LogP contribution in [0.5, 0.6) is 0 Å². The molecule has 0 aliphatic heterocycles. The van der Waals surface area contributed by atoms with Gasteiger partial charge in [0, 0.05) is 23.8 Å². The number of aryl methyl sites for hydroxylation is 1. The molecule has 1 fully saturated rings. The Morgan fingerprint density at radius 2 is 1.76 bits per heavy atom. The summed E-state index contributed by atoms with van der Waals surface area (Å²) in [6.45, 7) is 0. The molecule has 4 nitrogen and oxygen atoms in total. The summed E-state index contributed by atoms with van der Waals surface area (Å²) in [6, 6.07) is 11.2. The second kappa shape index (κ2) is 8.09. The van der Waals surface area contributed by atoms with Crippen molar-refractivity contribution in [2.75, 3.05) is 0 Å². The molecule has 5 heteroatoms. The molecule has 1 aliphatic carbocycles. The minimum atomic E-state index is -0.430. The average molecular weight is 403 g/mol. The highest BCUT2D eigenvalue weighted by Crippen LogP contribution is 2.43. The Labute approximate surface area is 156 Å². The fourth-order valence-electron chi connectivity index (χ4n) is 3.96. The van der Waals surface area contributed by atoms with E-state index in [2.05, 4.69) is 45.4 Å². The first kappa shape index (κ1) is 18.1. The van der Waals surface area contributed by atoms with Gasteiger partial charge in [-0.15, -0.1) is 0 Å². The van der Waals surface area contributed by atoms with Crippen molar-refractivity contribution >= 4 is 15.9 Å². The molecule has 1 heterocycles. The molecule has 0 bridgehead atoms. The lowest BCUT2D eigenvalue weighted by Crippen LogP contribution is -2.17. The lowest BCUT2D eigenvalue weighted by molar-refractivity contribution is 0.386. The minimum absolute atomic E-state index is 0.0753. The highest BCUT2D eigenvalue weighted by molar-refractivity contribution is 9.10. The number of halogens is 1. The third kappa shape index (κ3) is 4.27. The quantitative estimate of drug-likeness (QED) is 0.613. The maximum atomic E-state index is 11.6. The molecule has 2 unspecified atom stereocenters. The van der Waals surface area contributed by atoms with Gasteiger partial charge in [-0.3, -0.25) is 4.79 Å². The Kier molecular flexibility index (Phi) is 5.84. The zero-order chi connectivity index (χ0) is 17.8. The van der Waals surface area contributed by atoms with Crippen LogP contribution in [0.15, 0.2) is 57.0 Å². The number of aromatic nitrogens is 1. The fourth-order valence-corrected chi connectivity index (χ4v) is 4.23. The van der Waals surface area contributed by atoms with E-state index in [9.17, 15) is 9.70 Å². The maximum Gasteiger partial charge on any atom is 0.250 e. The molecule has 1 aromatic carbocycles. The van der Waals surface area contributed by atoms with E-state index in [4.69, 9.17) is 0 Å². The number of benzene rings is 1. The van der Waals surface area contributed by atoms with Crippen molar-refractivity contribution in [1.29, 1.82) is 0 Å². The molecule has 132 valence electrons. The van der Waals surface area contributed by atoms with E-state index in [-0.39, 0.29) is 5.56 Å². The molecule has 3 rings (SSSR count). The van der Waals surface area contributed by atoms with Crippen molar-refractivity contribution in [2.45, 2.75) is 44.1 Å². The van der Waals surface area contributed by atoms with Gasteiger partial charge in [0.25, 0.3) is 0 Å². The first-order valence-corrected chi connectivity index (χ1v) is 9.62. The summed E-state index contributed by atoms with van der Waals surface area (Å²) in [5.41, 5.74) is 2.01. The average Bonchev–Trinajstić information content (AvgIpc) is 3.14. The molecule has 25 heavy (non-hydrogen) atoms. The normalized spacial score (nSPS) is 17.4. The van der Waals surface area contributed by atoms with Crippen molar-refractivity contribution < 1.29 is 0 Å². The van der Waals surface area contributed by atoms with Gasteiger partial charge in [0.2, 0.25) is 5.56 Å². The summed E-state index contributed by atoms with van der Waals surface area (Å²) < 4.78 is 2.57. The molecule has 0 spiro atoms. The SMILES string of the molecule is Cn1cc(C(CC(c2ccc(Br)cc2)C2CCCC2)N=O)ccc1=O. The highest BCUT2D eigenvalue weighted by Gasteiger charge is 2.30. The van der Waals surface area contributed by atoms with Gasteiger partial charge < -0.3 is 4.57 Å². The van der Waals surface area contributed by atoms with Gasteiger partial charge in [0.1, 0.15) is 6.04 Å². The van der Waals surface area contributed by atoms with Gasteiger partial charge >= 0.3 is 0 Å². The summed E-state index contributed by atoms with van der Waals surface area (Å²) in [6.07, 6.45) is 7.36. The number of nitroso groups, excluding NO2 is 1. The van der Waals surface area contributed by atoms with E-state index in [0.29, 0.717) is 18.3 Å². The van der Waals surface area contributed by atoms with Crippen molar-refractivity contribution in [3.63, 3.8) is 0 Å². The van der Waals surface area contributed by atoms with E-state index in [1.807, 2.05) is 0 Å². The summed E-state index contributed by atoms with van der Waals surface area (Å²) in [5, 5.41) is 3.41. The molecule has 1 aliphatic rings. The van der Waals surface area contributed by atoms with E-state index in [0.717, 1.165) is 10.0 Å². The standard InChI is InChI=1S/C20H23BrN2O2/c1-23-13-16(8-11-20(23)24)19(22-25)12-18(14-4-2-3-5-14)15-6-9-17(21)10-7-15/h6-11,13-14,18-19H,2-5,12H2,1H3. The lowest BCUT2D eigenvalue weighted by Gasteiger charge is -2.26. The summed E-state index contributed by atoms with van der Waals surface area (Å²) in [5.74, 6) is 0.911. The van der Waals surface area contributed by atoms with E-state index < -0.39 is 6.04 Å². The van der Waals surface area contributed by atoms with Gasteiger partial charge in [-0.05, 0) is 60.4 Å². The number of nitrogens with zero attached hydrogens (tertiary/aromatic N) is 2. The van der Waals surface area contributed by atoms with Crippen molar-refractivity contribution in [3.8, 4) is 0 Å². The monoisotopic (exact) mass is 402 g/mol. The summed E-state index contributed by atoms with van der Waals surface area (Å²) >= 11 is 3.49. The number of hydrogen-bond donors (Lipinski definition) is 0. The van der Waals surface area contributed by atoms with Crippen molar-refractivity contribution in [1.82, 2.24) is 4.57 Å². The molecule has 1 aromatic heterocycles. The lowest BCUT2D eigenvalue weighted by atomic mass is 9.79. The number of rotatable bonds is 6. The Balaban J connectivity index is 1.89. The second-order valence-corrected chi connectivity index (χ2v) is 7.89. The third-order valence-corrected chi connectivity index (χ3v) is 5.89. The van der Waals surface area contributed by atoms with Gasteiger partial charge in [-0.25, -0.2) is 0 Å². The molecular weight excluding hydrogens is 380 g/mol. The molecular formula is C20H23BrN2O2. The topological polar surface area (TPSA) is 51.4 Å². The molecule has 0 N–H and O–H groups in total. The van der Waals surface area contributed by atoms with Crippen LogP contribution in [-0.2, 0) is 7.05 Å². The Bertz CT molecular complexity index is 779. The Morgan fingerprint density at radius 1 is 1.12 bits per heavy atom. The van der Waals surface area contributed by atoms with Crippen LogP contribution in [0.25, 0.3) is 0 Å². The predicted molar refractivity (Wildman–Crippen MR) is 104 cm³/mol. The highest BCUT2D eigenvalue weighted by atomic mass is 79.9. The van der Waals surface area contributed by atoms with E-state index >= 15 is 0 Å². The maximum absolute atomic E-state index is 11.6. The molecule has 0 amide bonds. The Morgan fingerprint density at radius 3 is 2.36 bits per heavy atom. The van der Waals surface area contributed by atoms with E-state index in [1.165, 1.54) is 41.9 Å². The summed E-state index contributed by atoms with van der Waals surface area (Å²) in [4.78, 5) is 23.2. The van der Waals surface area contributed by atoms with Crippen LogP contribution in [0.4, 0.5) is 0 Å². The third-order valence-electron chi connectivity index (χ3n) is 5.36. The molecule has 0 radical (unpaired) electrons. The van der Waals surface area contributed by atoms with E-state index in [1.54, 1.807) is 19.3 Å². The zero-order valence-electron chi connectivity index (χ0n) is 14.4. The van der Waals surface area contributed by atoms with Crippen LogP contribution in [0.2, 0.25) is 0 Å². The molecule has 1 saturated carbocycles. The number of pyridine rings is 1. The van der Waals surface area contributed by atoms with Crippen LogP contribution in [0.3, 0.4) is 0 Å². The van der Waals surface area contributed by atoms with Crippen LogP contribution >= 0.6 is 15.9 Å². The molecule has 2 aromatic rings. The van der Waals surface area contributed by atoms with Gasteiger partial charge in [-0.1, -0.05) is 46.1 Å². The largest absolute Gasteiger partial charge is 0.318 e. The van der Waals surface area contributed by atoms with Crippen LogP contribution < -0.4 is 5.56 Å². The molecule has 2 atom stereocenters. The van der Waals surface area contributed by atoms with Crippen molar-refractivity contribution in [2.24, 2.45) is 18.1 Å². The smallest absolute Gasteiger partial charge is 0.250 e. The number of hydrogen-bond acceptors (Lipinski definition) is 3. The predicted octanol–water partition coefficient (Wildman–Crippen LogP) is 5.32. The van der Waals surface area contributed by atoms with Crippen LogP contribution in [-0.4, -0.2) is 4.57 Å². The van der Waals surface area contributed by atoms with Crippen molar-refractivity contribution in [3.05, 3.63) is 73.5 Å². The van der Waals surface area contributed by atoms with Gasteiger partial charge in [0.05, 0.1) is 0 Å². The fraction of sp³-hybridized carbons (Fsp3) is 0.450. The Hall–Kier alpha value is -1.75. The molecule has 0 saturated heterocycles. The van der Waals surface area contributed by atoms with Gasteiger partial charge in [0.15, 0.2) is 0 Å². The first-order chi connectivity index (χ1) is 12.1. The second-order valence-electron chi connectivity index (χ2n) is 6.97. The van der Waals surface area contributed by atoms with Crippen LogP contribution in [0, 0.1) is 10.8 Å². The minimum Gasteiger partial charge on any atom is -0.318 e.